The molecule has 0 aromatic heterocycles. The molecule has 0 saturated carbocycles. The zero-order valence-electron chi connectivity index (χ0n) is 14.4. The van der Waals surface area contributed by atoms with Crippen molar-refractivity contribution in [2.45, 2.75) is 13.0 Å². The van der Waals surface area contributed by atoms with Gasteiger partial charge in [-0.3, -0.25) is 4.79 Å². The van der Waals surface area contributed by atoms with Crippen molar-refractivity contribution in [1.29, 1.82) is 0 Å². The maximum Gasteiger partial charge on any atom is 0.224 e. The molecule has 3 rings (SSSR count). The van der Waals surface area contributed by atoms with Gasteiger partial charge in [-0.2, -0.15) is 0 Å². The van der Waals surface area contributed by atoms with Crippen LogP contribution in [0.15, 0.2) is 60.7 Å². The second kappa shape index (κ2) is 7.71. The van der Waals surface area contributed by atoms with Crippen molar-refractivity contribution in [3.8, 4) is 11.5 Å². The summed E-state index contributed by atoms with van der Waals surface area (Å²) >= 11 is 0. The number of rotatable bonds is 6. The summed E-state index contributed by atoms with van der Waals surface area (Å²) in [7, 11) is 3.27. The Morgan fingerprint density at radius 2 is 1.68 bits per heavy atom. The van der Waals surface area contributed by atoms with Gasteiger partial charge < -0.3 is 14.8 Å². The quantitative estimate of drug-likeness (QED) is 0.747. The summed E-state index contributed by atoms with van der Waals surface area (Å²) in [5.74, 6) is 1.56. The number of amides is 1. The van der Waals surface area contributed by atoms with Crippen LogP contribution < -0.4 is 14.8 Å². The summed E-state index contributed by atoms with van der Waals surface area (Å²) in [5, 5.41) is 5.10. The number of carbonyl (C=O) groups is 1. The highest BCUT2D eigenvalue weighted by molar-refractivity contribution is 5.91. The van der Waals surface area contributed by atoms with E-state index in [-0.39, 0.29) is 5.91 Å². The SMILES string of the molecule is COc1cccc(CNC(=O)Cc2cccc3ccc(OC)cc23)c1. The summed E-state index contributed by atoms with van der Waals surface area (Å²) in [6.45, 7) is 0.476. The zero-order valence-corrected chi connectivity index (χ0v) is 14.4. The number of benzene rings is 3. The Morgan fingerprint density at radius 1 is 0.920 bits per heavy atom. The predicted molar refractivity (Wildman–Crippen MR) is 99.0 cm³/mol. The summed E-state index contributed by atoms with van der Waals surface area (Å²) in [6.07, 6.45) is 0.328. The number of fused-ring (bicyclic) bond motifs is 1. The van der Waals surface area contributed by atoms with Crippen LogP contribution >= 0.6 is 0 Å². The maximum absolute atomic E-state index is 12.4. The Bertz CT molecular complexity index is 889. The highest BCUT2D eigenvalue weighted by Crippen LogP contribution is 2.24. The number of ether oxygens (including phenoxy) is 2. The van der Waals surface area contributed by atoms with Crippen LogP contribution in [0.2, 0.25) is 0 Å². The molecule has 0 aliphatic heterocycles. The van der Waals surface area contributed by atoms with Crippen molar-refractivity contribution in [1.82, 2.24) is 5.32 Å². The van der Waals surface area contributed by atoms with Gasteiger partial charge in [-0.25, -0.2) is 0 Å². The number of carbonyl (C=O) groups excluding carboxylic acids is 1. The standard InChI is InChI=1S/C21H21NO3/c1-24-18-8-3-5-15(11-18)14-22-21(23)12-17-7-4-6-16-9-10-19(25-2)13-20(16)17/h3-11,13H,12,14H2,1-2H3,(H,22,23). The minimum atomic E-state index is -0.0156. The summed E-state index contributed by atoms with van der Waals surface area (Å²) in [6, 6.07) is 19.6. The minimum Gasteiger partial charge on any atom is -0.497 e. The fourth-order valence-corrected chi connectivity index (χ4v) is 2.82. The van der Waals surface area contributed by atoms with E-state index in [9.17, 15) is 4.79 Å². The third-order valence-corrected chi connectivity index (χ3v) is 4.15. The van der Waals surface area contributed by atoms with E-state index in [4.69, 9.17) is 9.47 Å². The normalized spacial score (nSPS) is 10.5. The van der Waals surface area contributed by atoms with Crippen LogP contribution in [0.5, 0.6) is 11.5 Å². The first-order valence-electron chi connectivity index (χ1n) is 8.15. The molecule has 0 atom stereocenters. The topological polar surface area (TPSA) is 47.6 Å². The second-order valence-corrected chi connectivity index (χ2v) is 5.81. The summed E-state index contributed by atoms with van der Waals surface area (Å²) in [4.78, 5) is 12.4. The third-order valence-electron chi connectivity index (χ3n) is 4.15. The largest absolute Gasteiger partial charge is 0.497 e. The van der Waals surface area contributed by atoms with E-state index >= 15 is 0 Å². The number of nitrogens with one attached hydrogen (secondary N) is 1. The third kappa shape index (κ3) is 4.10. The molecule has 128 valence electrons. The van der Waals surface area contributed by atoms with Crippen molar-refractivity contribution in [3.05, 3.63) is 71.8 Å². The molecule has 1 N–H and O–H groups in total. The number of methoxy groups -OCH3 is 2. The molecule has 1 amide bonds. The fourth-order valence-electron chi connectivity index (χ4n) is 2.82. The Labute approximate surface area is 147 Å². The average molecular weight is 335 g/mol. The van der Waals surface area contributed by atoms with Crippen LogP contribution in [0.3, 0.4) is 0 Å². The van der Waals surface area contributed by atoms with Gasteiger partial charge >= 0.3 is 0 Å². The summed E-state index contributed by atoms with van der Waals surface area (Å²) < 4.78 is 10.5. The molecule has 0 aliphatic carbocycles. The maximum atomic E-state index is 12.4. The molecule has 0 heterocycles. The van der Waals surface area contributed by atoms with E-state index in [1.54, 1.807) is 14.2 Å². The Morgan fingerprint density at radius 3 is 2.48 bits per heavy atom. The monoisotopic (exact) mass is 335 g/mol. The molecular formula is C21H21NO3. The first-order chi connectivity index (χ1) is 12.2. The first kappa shape index (κ1) is 16.8. The highest BCUT2D eigenvalue weighted by atomic mass is 16.5. The lowest BCUT2D eigenvalue weighted by molar-refractivity contribution is -0.120. The number of hydrogen-bond donors (Lipinski definition) is 1. The Hall–Kier alpha value is -3.01. The number of hydrogen-bond acceptors (Lipinski definition) is 3. The van der Waals surface area contributed by atoms with Gasteiger partial charge in [0.1, 0.15) is 11.5 Å². The van der Waals surface area contributed by atoms with Crippen molar-refractivity contribution >= 4 is 16.7 Å². The smallest absolute Gasteiger partial charge is 0.224 e. The molecule has 25 heavy (non-hydrogen) atoms. The lowest BCUT2D eigenvalue weighted by Gasteiger charge is -2.10. The molecule has 4 heteroatoms. The van der Waals surface area contributed by atoms with Crippen molar-refractivity contribution in [2.75, 3.05) is 14.2 Å². The fraction of sp³-hybridized carbons (Fsp3) is 0.190. The van der Waals surface area contributed by atoms with Crippen LogP contribution in [-0.4, -0.2) is 20.1 Å². The summed E-state index contributed by atoms with van der Waals surface area (Å²) in [5.41, 5.74) is 1.99. The van der Waals surface area contributed by atoms with Gasteiger partial charge in [0.05, 0.1) is 20.6 Å². The first-order valence-corrected chi connectivity index (χ1v) is 8.15. The zero-order chi connectivity index (χ0) is 17.6. The van der Waals surface area contributed by atoms with Crippen molar-refractivity contribution in [3.63, 3.8) is 0 Å². The predicted octanol–water partition coefficient (Wildman–Crippen LogP) is 3.72. The minimum absolute atomic E-state index is 0.0156. The van der Waals surface area contributed by atoms with E-state index in [1.807, 2.05) is 60.7 Å². The molecule has 0 bridgehead atoms. The van der Waals surface area contributed by atoms with Gasteiger partial charge in [-0.15, -0.1) is 0 Å². The lowest BCUT2D eigenvalue weighted by Crippen LogP contribution is -2.24. The van der Waals surface area contributed by atoms with Crippen LogP contribution in [0.25, 0.3) is 10.8 Å². The van der Waals surface area contributed by atoms with Crippen molar-refractivity contribution in [2.24, 2.45) is 0 Å². The average Bonchev–Trinajstić information content (AvgIpc) is 2.66. The highest BCUT2D eigenvalue weighted by Gasteiger charge is 2.08. The van der Waals surface area contributed by atoms with Crippen LogP contribution in [0.1, 0.15) is 11.1 Å². The van der Waals surface area contributed by atoms with Crippen LogP contribution in [0.4, 0.5) is 0 Å². The lowest BCUT2D eigenvalue weighted by atomic mass is 10.0. The van der Waals surface area contributed by atoms with Gasteiger partial charge in [0.15, 0.2) is 0 Å². The van der Waals surface area contributed by atoms with E-state index in [0.717, 1.165) is 33.4 Å². The second-order valence-electron chi connectivity index (χ2n) is 5.81. The molecule has 3 aromatic carbocycles. The van der Waals surface area contributed by atoms with E-state index < -0.39 is 0 Å². The molecular weight excluding hydrogens is 314 g/mol. The molecule has 4 nitrogen and oxygen atoms in total. The Balaban J connectivity index is 1.71. The molecule has 0 aliphatic rings. The molecule has 0 radical (unpaired) electrons. The van der Waals surface area contributed by atoms with Gasteiger partial charge in [-0.1, -0.05) is 36.4 Å². The van der Waals surface area contributed by atoms with Crippen LogP contribution in [-0.2, 0) is 17.8 Å². The van der Waals surface area contributed by atoms with E-state index in [0.29, 0.717) is 13.0 Å². The van der Waals surface area contributed by atoms with Gasteiger partial charge in [-0.05, 0) is 46.2 Å². The Kier molecular flexibility index (Phi) is 5.19. The van der Waals surface area contributed by atoms with Gasteiger partial charge in [0, 0.05) is 6.54 Å². The molecule has 0 unspecified atom stereocenters. The van der Waals surface area contributed by atoms with E-state index in [1.165, 1.54) is 0 Å². The molecule has 3 aromatic rings. The van der Waals surface area contributed by atoms with Gasteiger partial charge in [0.2, 0.25) is 5.91 Å². The van der Waals surface area contributed by atoms with Crippen LogP contribution in [0, 0.1) is 0 Å². The molecule has 0 spiro atoms. The molecule has 0 fully saturated rings. The van der Waals surface area contributed by atoms with Crippen molar-refractivity contribution < 1.29 is 14.3 Å². The van der Waals surface area contributed by atoms with Gasteiger partial charge in [0.25, 0.3) is 0 Å². The molecule has 0 saturated heterocycles. The van der Waals surface area contributed by atoms with E-state index in [2.05, 4.69) is 5.32 Å².